The van der Waals surface area contributed by atoms with Gasteiger partial charge >= 0.3 is 0 Å². The highest BCUT2D eigenvalue weighted by Crippen LogP contribution is 2.17. The first-order valence-electron chi connectivity index (χ1n) is 7.66. The van der Waals surface area contributed by atoms with Crippen LogP contribution in [0.15, 0.2) is 59.5 Å². The van der Waals surface area contributed by atoms with Crippen LogP contribution in [0.2, 0.25) is 0 Å². The van der Waals surface area contributed by atoms with Gasteiger partial charge in [-0.25, -0.2) is 0 Å². The number of thioether (sulfide) groups is 1. The Kier molecular flexibility index (Phi) is 6.53. The van der Waals surface area contributed by atoms with Gasteiger partial charge in [-0.2, -0.15) is 0 Å². The van der Waals surface area contributed by atoms with Crippen LogP contribution in [0.3, 0.4) is 0 Å². The smallest absolute Gasteiger partial charge is 0.230 e. The van der Waals surface area contributed by atoms with Crippen LogP contribution in [0, 0.1) is 6.92 Å². The maximum atomic E-state index is 12.0. The molecule has 0 fully saturated rings. The monoisotopic (exact) mass is 313 g/mol. The molecule has 1 amide bonds. The minimum Gasteiger partial charge on any atom is -0.353 e. The van der Waals surface area contributed by atoms with E-state index in [2.05, 4.69) is 67.7 Å². The number of hydrogen-bond donors (Lipinski definition) is 1. The van der Waals surface area contributed by atoms with Crippen molar-refractivity contribution in [2.24, 2.45) is 0 Å². The van der Waals surface area contributed by atoms with Crippen molar-refractivity contribution in [1.82, 2.24) is 5.32 Å². The number of amides is 1. The minimum atomic E-state index is 0.103. The molecular weight excluding hydrogens is 290 g/mol. The lowest BCUT2D eigenvalue weighted by molar-refractivity contribution is -0.119. The Labute approximate surface area is 137 Å². The highest BCUT2D eigenvalue weighted by Gasteiger charge is 2.08. The topological polar surface area (TPSA) is 29.1 Å². The fraction of sp³-hybridized carbons (Fsp3) is 0.316. The fourth-order valence-electron chi connectivity index (χ4n) is 2.20. The van der Waals surface area contributed by atoms with Gasteiger partial charge in [-0.05, 0) is 44.4 Å². The van der Waals surface area contributed by atoms with Crippen molar-refractivity contribution in [3.05, 3.63) is 65.7 Å². The molecule has 0 aliphatic heterocycles. The highest BCUT2D eigenvalue weighted by atomic mass is 32.2. The maximum Gasteiger partial charge on any atom is 0.230 e. The van der Waals surface area contributed by atoms with Crippen molar-refractivity contribution >= 4 is 17.7 Å². The van der Waals surface area contributed by atoms with E-state index in [-0.39, 0.29) is 11.9 Å². The summed E-state index contributed by atoms with van der Waals surface area (Å²) in [6.45, 7) is 4.13. The molecule has 0 saturated carbocycles. The summed E-state index contributed by atoms with van der Waals surface area (Å²) in [6.07, 6.45) is 1.96. The van der Waals surface area contributed by atoms with Gasteiger partial charge < -0.3 is 5.32 Å². The molecule has 2 nitrogen and oxygen atoms in total. The van der Waals surface area contributed by atoms with Gasteiger partial charge in [0.05, 0.1) is 5.75 Å². The van der Waals surface area contributed by atoms with E-state index < -0.39 is 0 Å². The molecule has 2 aromatic carbocycles. The first-order valence-corrected chi connectivity index (χ1v) is 8.65. The minimum absolute atomic E-state index is 0.103. The number of rotatable bonds is 7. The summed E-state index contributed by atoms with van der Waals surface area (Å²) in [6, 6.07) is 18.9. The number of hydrogen-bond acceptors (Lipinski definition) is 2. The molecule has 0 aliphatic rings. The van der Waals surface area contributed by atoms with Gasteiger partial charge in [-0.15, -0.1) is 11.8 Å². The van der Waals surface area contributed by atoms with Crippen molar-refractivity contribution in [3.8, 4) is 0 Å². The van der Waals surface area contributed by atoms with Crippen LogP contribution >= 0.6 is 11.8 Å². The van der Waals surface area contributed by atoms with Crippen LogP contribution in [-0.2, 0) is 11.2 Å². The summed E-state index contributed by atoms with van der Waals surface area (Å²) in [5.41, 5.74) is 2.56. The van der Waals surface area contributed by atoms with E-state index in [9.17, 15) is 4.79 Å². The standard InChI is InChI=1S/C19H23NOS/c1-15-8-12-18(13-9-15)22-14-19(21)20-16(2)10-11-17-6-4-3-5-7-17/h3-9,12-13,16H,10-11,14H2,1-2H3,(H,20,21). The second-order valence-corrected chi connectivity index (χ2v) is 6.64. The molecule has 0 aliphatic carbocycles. The Morgan fingerprint density at radius 2 is 1.77 bits per heavy atom. The summed E-state index contributed by atoms with van der Waals surface area (Å²) in [5.74, 6) is 0.574. The molecule has 2 aromatic rings. The SMILES string of the molecule is Cc1ccc(SCC(=O)NC(C)CCc2ccccc2)cc1. The zero-order chi connectivity index (χ0) is 15.8. The summed E-state index contributed by atoms with van der Waals surface area (Å²) in [5, 5.41) is 3.07. The Morgan fingerprint density at radius 3 is 2.45 bits per heavy atom. The number of benzene rings is 2. The predicted molar refractivity (Wildman–Crippen MR) is 94.3 cm³/mol. The predicted octanol–water partition coefficient (Wildman–Crippen LogP) is 4.22. The molecule has 0 spiro atoms. The van der Waals surface area contributed by atoms with E-state index in [1.807, 2.05) is 6.07 Å². The maximum absolute atomic E-state index is 12.0. The van der Waals surface area contributed by atoms with Gasteiger partial charge in [0.25, 0.3) is 0 Å². The summed E-state index contributed by atoms with van der Waals surface area (Å²) in [7, 11) is 0. The number of carbonyl (C=O) groups excluding carboxylic acids is 1. The molecule has 0 aromatic heterocycles. The largest absolute Gasteiger partial charge is 0.353 e. The molecule has 3 heteroatoms. The van der Waals surface area contributed by atoms with E-state index in [1.165, 1.54) is 11.1 Å². The molecule has 0 saturated heterocycles. The summed E-state index contributed by atoms with van der Waals surface area (Å²) >= 11 is 1.58. The zero-order valence-corrected chi connectivity index (χ0v) is 14.0. The normalized spacial score (nSPS) is 11.9. The average molecular weight is 313 g/mol. The molecular formula is C19H23NOS. The molecule has 1 unspecified atom stereocenters. The van der Waals surface area contributed by atoms with E-state index in [0.29, 0.717) is 5.75 Å². The third kappa shape index (κ3) is 5.94. The number of nitrogens with one attached hydrogen (secondary N) is 1. The van der Waals surface area contributed by atoms with Gasteiger partial charge in [0.1, 0.15) is 0 Å². The van der Waals surface area contributed by atoms with Crippen molar-refractivity contribution in [2.45, 2.75) is 37.6 Å². The van der Waals surface area contributed by atoms with Gasteiger partial charge in [0, 0.05) is 10.9 Å². The molecule has 0 radical (unpaired) electrons. The molecule has 1 atom stereocenters. The van der Waals surface area contributed by atoms with Gasteiger partial charge in [-0.3, -0.25) is 4.79 Å². The lowest BCUT2D eigenvalue weighted by Gasteiger charge is -2.13. The molecule has 22 heavy (non-hydrogen) atoms. The fourth-order valence-corrected chi connectivity index (χ4v) is 2.91. The van der Waals surface area contributed by atoms with Crippen molar-refractivity contribution < 1.29 is 4.79 Å². The second kappa shape index (κ2) is 8.64. The Bertz CT molecular complexity index is 580. The van der Waals surface area contributed by atoms with Crippen LogP contribution in [0.25, 0.3) is 0 Å². The quantitative estimate of drug-likeness (QED) is 0.775. The number of carbonyl (C=O) groups is 1. The van der Waals surface area contributed by atoms with Crippen LogP contribution < -0.4 is 5.32 Å². The first-order chi connectivity index (χ1) is 10.6. The van der Waals surface area contributed by atoms with Gasteiger partial charge in [0.15, 0.2) is 0 Å². The third-order valence-corrected chi connectivity index (χ3v) is 4.52. The molecule has 116 valence electrons. The van der Waals surface area contributed by atoms with Crippen LogP contribution in [-0.4, -0.2) is 17.7 Å². The second-order valence-electron chi connectivity index (χ2n) is 5.59. The van der Waals surface area contributed by atoms with Crippen molar-refractivity contribution in [1.29, 1.82) is 0 Å². The molecule has 0 bridgehead atoms. The van der Waals surface area contributed by atoms with E-state index in [0.717, 1.165) is 17.7 Å². The molecule has 2 rings (SSSR count). The first kappa shape index (κ1) is 16.6. The summed E-state index contributed by atoms with van der Waals surface area (Å²) in [4.78, 5) is 13.1. The lowest BCUT2D eigenvalue weighted by Crippen LogP contribution is -2.34. The Morgan fingerprint density at radius 1 is 1.09 bits per heavy atom. The lowest BCUT2D eigenvalue weighted by atomic mass is 10.1. The van der Waals surface area contributed by atoms with Crippen LogP contribution in [0.4, 0.5) is 0 Å². The molecule has 1 N–H and O–H groups in total. The third-order valence-electron chi connectivity index (χ3n) is 3.51. The van der Waals surface area contributed by atoms with E-state index >= 15 is 0 Å². The van der Waals surface area contributed by atoms with E-state index in [1.54, 1.807) is 11.8 Å². The Hall–Kier alpha value is -1.74. The van der Waals surface area contributed by atoms with Gasteiger partial charge in [0.2, 0.25) is 5.91 Å². The zero-order valence-electron chi connectivity index (χ0n) is 13.2. The van der Waals surface area contributed by atoms with Crippen molar-refractivity contribution in [2.75, 3.05) is 5.75 Å². The molecule has 0 heterocycles. The highest BCUT2D eigenvalue weighted by molar-refractivity contribution is 8.00. The van der Waals surface area contributed by atoms with Crippen LogP contribution in [0.1, 0.15) is 24.5 Å². The number of aryl methyl sites for hydroxylation is 2. The summed E-state index contributed by atoms with van der Waals surface area (Å²) < 4.78 is 0. The Balaban J connectivity index is 1.68. The van der Waals surface area contributed by atoms with Crippen LogP contribution in [0.5, 0.6) is 0 Å². The average Bonchev–Trinajstić information content (AvgIpc) is 2.53. The van der Waals surface area contributed by atoms with Crippen molar-refractivity contribution in [3.63, 3.8) is 0 Å². The van der Waals surface area contributed by atoms with E-state index in [4.69, 9.17) is 0 Å². The van der Waals surface area contributed by atoms with Gasteiger partial charge in [-0.1, -0.05) is 48.0 Å².